The van der Waals surface area contributed by atoms with Crippen molar-refractivity contribution in [1.82, 2.24) is 24.8 Å². The van der Waals surface area contributed by atoms with E-state index in [9.17, 15) is 4.79 Å². The lowest BCUT2D eigenvalue weighted by molar-refractivity contribution is 0.352. The first-order chi connectivity index (χ1) is 13.8. The summed E-state index contributed by atoms with van der Waals surface area (Å²) in [6, 6.07) is 8.70. The van der Waals surface area contributed by atoms with E-state index in [0.29, 0.717) is 11.3 Å². The first kappa shape index (κ1) is 17.4. The molecule has 1 aliphatic heterocycles. The zero-order chi connectivity index (χ0) is 18.9. The lowest BCUT2D eigenvalue weighted by Gasteiger charge is -2.29. The van der Waals surface area contributed by atoms with E-state index < -0.39 is 0 Å². The van der Waals surface area contributed by atoms with Gasteiger partial charge in [0.2, 0.25) is 0 Å². The average Bonchev–Trinajstić information content (AvgIpc) is 3.10. The van der Waals surface area contributed by atoms with E-state index in [4.69, 9.17) is 4.98 Å². The van der Waals surface area contributed by atoms with Crippen LogP contribution in [0.5, 0.6) is 0 Å². The maximum Gasteiger partial charge on any atom is 0.329 e. The number of aromatic nitrogens is 4. The van der Waals surface area contributed by atoms with Crippen molar-refractivity contribution in [2.24, 2.45) is 0 Å². The molecule has 146 valence electrons. The second kappa shape index (κ2) is 7.39. The molecule has 0 bridgehead atoms. The largest absolute Gasteiger partial charge is 0.369 e. The molecule has 1 saturated heterocycles. The lowest BCUT2D eigenvalue weighted by Crippen LogP contribution is -2.43. The van der Waals surface area contributed by atoms with Crippen molar-refractivity contribution in [3.63, 3.8) is 0 Å². The number of piperazine rings is 1. The molecule has 0 atom stereocenters. The third-order valence-electron chi connectivity index (χ3n) is 6.01. The van der Waals surface area contributed by atoms with Crippen molar-refractivity contribution in [1.29, 1.82) is 0 Å². The summed E-state index contributed by atoms with van der Waals surface area (Å²) in [6.07, 6.45) is 7.49. The number of imidazole rings is 1. The maximum absolute atomic E-state index is 12.5. The summed E-state index contributed by atoms with van der Waals surface area (Å²) >= 11 is 0. The quantitative estimate of drug-likeness (QED) is 0.733. The van der Waals surface area contributed by atoms with Gasteiger partial charge in [0.15, 0.2) is 11.3 Å². The number of hydrogen-bond acceptors (Lipinski definition) is 5. The van der Waals surface area contributed by atoms with Crippen LogP contribution in [0.15, 0.2) is 35.3 Å². The molecular weight excluding hydrogens is 352 g/mol. The molecular formula is C21H26N6O. The summed E-state index contributed by atoms with van der Waals surface area (Å²) in [6.45, 7) is 4.10. The molecule has 7 nitrogen and oxygen atoms in total. The minimum Gasteiger partial charge on any atom is -0.369 e. The molecule has 28 heavy (non-hydrogen) atoms. The Balaban J connectivity index is 1.44. The molecule has 2 fully saturated rings. The highest BCUT2D eigenvalue weighted by Crippen LogP contribution is 2.29. The molecule has 1 aliphatic carbocycles. The zero-order valence-electron chi connectivity index (χ0n) is 16.0. The van der Waals surface area contributed by atoms with Crippen LogP contribution in [0.1, 0.15) is 38.1 Å². The van der Waals surface area contributed by atoms with Gasteiger partial charge < -0.3 is 10.2 Å². The van der Waals surface area contributed by atoms with Crippen LogP contribution in [-0.2, 0) is 0 Å². The third-order valence-corrected chi connectivity index (χ3v) is 6.01. The number of benzene rings is 1. The summed E-state index contributed by atoms with van der Waals surface area (Å²) in [4.78, 5) is 27.1. The smallest absolute Gasteiger partial charge is 0.329 e. The number of anilines is 1. The summed E-state index contributed by atoms with van der Waals surface area (Å²) in [5, 5.41) is 3.38. The summed E-state index contributed by atoms with van der Waals surface area (Å²) < 4.78 is 1.82. The van der Waals surface area contributed by atoms with Crippen molar-refractivity contribution in [3.05, 3.63) is 40.9 Å². The van der Waals surface area contributed by atoms with E-state index in [2.05, 4.69) is 44.5 Å². The van der Waals surface area contributed by atoms with Gasteiger partial charge in [-0.15, -0.1) is 0 Å². The molecule has 5 rings (SSSR count). The van der Waals surface area contributed by atoms with Crippen LogP contribution in [-0.4, -0.2) is 45.7 Å². The van der Waals surface area contributed by atoms with Gasteiger partial charge in [-0.25, -0.2) is 14.8 Å². The van der Waals surface area contributed by atoms with Gasteiger partial charge in [0, 0.05) is 43.5 Å². The molecule has 0 amide bonds. The topological polar surface area (TPSA) is 78.8 Å². The fourth-order valence-electron chi connectivity index (χ4n) is 4.48. The van der Waals surface area contributed by atoms with Crippen molar-refractivity contribution >= 4 is 17.0 Å². The van der Waals surface area contributed by atoms with Crippen molar-refractivity contribution in [3.8, 4) is 11.3 Å². The lowest BCUT2D eigenvalue weighted by atomic mass is 9.95. The number of aromatic amines is 1. The van der Waals surface area contributed by atoms with Crippen LogP contribution in [0, 0.1) is 0 Å². The van der Waals surface area contributed by atoms with Crippen LogP contribution in [0.25, 0.3) is 22.6 Å². The molecule has 1 aromatic carbocycles. The van der Waals surface area contributed by atoms with E-state index in [-0.39, 0.29) is 11.7 Å². The number of H-pyrrole nitrogens is 1. The van der Waals surface area contributed by atoms with Gasteiger partial charge in [0.25, 0.3) is 0 Å². The number of fused-ring (bicyclic) bond motifs is 1. The highest BCUT2D eigenvalue weighted by atomic mass is 16.1. The Morgan fingerprint density at radius 2 is 1.75 bits per heavy atom. The minimum atomic E-state index is -0.0897. The Labute approximate surface area is 163 Å². The molecule has 2 aromatic heterocycles. The summed E-state index contributed by atoms with van der Waals surface area (Å²) in [5.41, 5.74) is 4.21. The zero-order valence-corrected chi connectivity index (χ0v) is 16.0. The second-order valence-corrected chi connectivity index (χ2v) is 7.80. The molecule has 7 heteroatoms. The van der Waals surface area contributed by atoms with Gasteiger partial charge in [0.1, 0.15) is 0 Å². The van der Waals surface area contributed by atoms with E-state index >= 15 is 0 Å². The van der Waals surface area contributed by atoms with Gasteiger partial charge in [0.05, 0.1) is 11.9 Å². The molecule has 0 unspecified atom stereocenters. The van der Waals surface area contributed by atoms with E-state index in [1.54, 1.807) is 6.20 Å². The monoisotopic (exact) mass is 378 g/mol. The predicted octanol–water partition coefficient (Wildman–Crippen LogP) is 2.70. The van der Waals surface area contributed by atoms with Gasteiger partial charge in [-0.2, -0.15) is 0 Å². The van der Waals surface area contributed by atoms with Gasteiger partial charge in [-0.1, -0.05) is 31.4 Å². The Bertz CT molecular complexity index is 1010. The average molecular weight is 378 g/mol. The van der Waals surface area contributed by atoms with Gasteiger partial charge in [-0.3, -0.25) is 9.55 Å². The molecule has 3 heterocycles. The molecule has 2 N–H and O–H groups in total. The fraction of sp³-hybridized carbons (Fsp3) is 0.476. The number of rotatable bonds is 3. The molecule has 0 spiro atoms. The van der Waals surface area contributed by atoms with Crippen LogP contribution >= 0.6 is 0 Å². The van der Waals surface area contributed by atoms with Crippen molar-refractivity contribution in [2.75, 3.05) is 31.1 Å². The van der Waals surface area contributed by atoms with E-state index in [0.717, 1.165) is 50.3 Å². The summed E-state index contributed by atoms with van der Waals surface area (Å²) in [5.74, 6) is 0. The number of nitrogens with zero attached hydrogens (tertiary/aromatic N) is 4. The first-order valence-electron chi connectivity index (χ1n) is 10.3. The molecule has 0 radical (unpaired) electrons. The third kappa shape index (κ3) is 3.20. The van der Waals surface area contributed by atoms with Crippen LogP contribution < -0.4 is 15.9 Å². The standard InChI is InChI=1S/C21H26N6O/c28-21-25-19-20(27(21)17-4-2-1-3-5-17)23-14-18(24-19)15-6-8-16(9-7-15)26-12-10-22-11-13-26/h6-9,14,17,22H,1-5,10-13H2,(H,24,25,28). The Morgan fingerprint density at radius 3 is 2.50 bits per heavy atom. The second-order valence-electron chi connectivity index (χ2n) is 7.80. The Hall–Kier alpha value is -2.67. The van der Waals surface area contributed by atoms with Crippen LogP contribution in [0.3, 0.4) is 0 Å². The van der Waals surface area contributed by atoms with Crippen molar-refractivity contribution < 1.29 is 0 Å². The highest BCUT2D eigenvalue weighted by molar-refractivity contribution is 5.71. The molecule has 2 aliphatic rings. The fourth-order valence-corrected chi connectivity index (χ4v) is 4.48. The predicted molar refractivity (Wildman–Crippen MR) is 111 cm³/mol. The first-order valence-corrected chi connectivity index (χ1v) is 10.3. The van der Waals surface area contributed by atoms with E-state index in [1.807, 2.05) is 4.57 Å². The van der Waals surface area contributed by atoms with Gasteiger partial charge in [-0.05, 0) is 25.0 Å². The summed E-state index contributed by atoms with van der Waals surface area (Å²) in [7, 11) is 0. The number of nitrogens with one attached hydrogen (secondary N) is 2. The highest BCUT2D eigenvalue weighted by Gasteiger charge is 2.21. The molecule has 1 saturated carbocycles. The maximum atomic E-state index is 12.5. The van der Waals surface area contributed by atoms with Crippen LogP contribution in [0.2, 0.25) is 0 Å². The normalized spacial score (nSPS) is 18.6. The Kier molecular flexibility index (Phi) is 4.60. The van der Waals surface area contributed by atoms with E-state index in [1.165, 1.54) is 24.9 Å². The minimum absolute atomic E-state index is 0.0897. The SMILES string of the molecule is O=c1[nH]c2nc(-c3ccc(N4CCNCC4)cc3)cnc2n1C1CCCCC1. The van der Waals surface area contributed by atoms with Gasteiger partial charge >= 0.3 is 5.69 Å². The molecule has 3 aromatic rings. The number of hydrogen-bond donors (Lipinski definition) is 2. The van der Waals surface area contributed by atoms with Crippen molar-refractivity contribution in [2.45, 2.75) is 38.1 Å². The van der Waals surface area contributed by atoms with Crippen LogP contribution in [0.4, 0.5) is 5.69 Å². The Morgan fingerprint density at radius 1 is 1.00 bits per heavy atom.